The Morgan fingerprint density at radius 3 is 2.06 bits per heavy atom. The standard InChI is InChI=1S/C13H25NO2/c1-12(2,3)16-11(15)13(4,5)14-10-8-6-7-9-10/h10,14H,6-9H2,1-5H3. The fourth-order valence-electron chi connectivity index (χ4n) is 2.05. The van der Waals surface area contributed by atoms with Crippen LogP contribution in [-0.4, -0.2) is 23.2 Å². The van der Waals surface area contributed by atoms with Crippen LogP contribution >= 0.6 is 0 Å². The molecule has 0 unspecified atom stereocenters. The van der Waals surface area contributed by atoms with Gasteiger partial charge in [-0.15, -0.1) is 0 Å². The molecule has 94 valence electrons. The third-order valence-corrected chi connectivity index (χ3v) is 2.83. The topological polar surface area (TPSA) is 38.3 Å². The van der Waals surface area contributed by atoms with E-state index in [9.17, 15) is 4.79 Å². The summed E-state index contributed by atoms with van der Waals surface area (Å²) < 4.78 is 5.41. The van der Waals surface area contributed by atoms with Crippen molar-refractivity contribution in [3.8, 4) is 0 Å². The number of hydrogen-bond donors (Lipinski definition) is 1. The Morgan fingerprint density at radius 1 is 1.12 bits per heavy atom. The highest BCUT2D eigenvalue weighted by Crippen LogP contribution is 2.22. The maximum atomic E-state index is 12.0. The number of rotatable bonds is 3. The Kier molecular flexibility index (Phi) is 4.00. The molecule has 0 aromatic rings. The molecule has 1 rings (SSSR count). The van der Waals surface area contributed by atoms with Gasteiger partial charge in [-0.05, 0) is 47.5 Å². The zero-order valence-electron chi connectivity index (χ0n) is 11.2. The van der Waals surface area contributed by atoms with Gasteiger partial charge < -0.3 is 4.74 Å². The van der Waals surface area contributed by atoms with Gasteiger partial charge in [0.25, 0.3) is 0 Å². The molecule has 3 heteroatoms. The van der Waals surface area contributed by atoms with E-state index >= 15 is 0 Å². The van der Waals surface area contributed by atoms with Crippen LogP contribution in [0.2, 0.25) is 0 Å². The van der Waals surface area contributed by atoms with Crippen molar-refractivity contribution >= 4 is 5.97 Å². The number of hydrogen-bond acceptors (Lipinski definition) is 3. The Balaban J connectivity index is 2.51. The molecule has 1 aliphatic rings. The Morgan fingerprint density at radius 2 is 1.62 bits per heavy atom. The zero-order valence-corrected chi connectivity index (χ0v) is 11.2. The molecule has 3 nitrogen and oxygen atoms in total. The van der Waals surface area contributed by atoms with Crippen LogP contribution in [0.4, 0.5) is 0 Å². The summed E-state index contributed by atoms with van der Waals surface area (Å²) in [5.74, 6) is -0.160. The number of carbonyl (C=O) groups excluding carboxylic acids is 1. The lowest BCUT2D eigenvalue weighted by molar-refractivity contribution is -0.162. The predicted octanol–water partition coefficient (Wildman–Crippen LogP) is 2.64. The molecule has 0 atom stereocenters. The van der Waals surface area contributed by atoms with Crippen molar-refractivity contribution in [1.29, 1.82) is 0 Å². The third-order valence-electron chi connectivity index (χ3n) is 2.83. The average molecular weight is 227 g/mol. The maximum absolute atomic E-state index is 12.0. The molecule has 0 amide bonds. The van der Waals surface area contributed by atoms with Gasteiger partial charge in [0.2, 0.25) is 0 Å². The number of carbonyl (C=O) groups is 1. The van der Waals surface area contributed by atoms with Crippen LogP contribution in [0.15, 0.2) is 0 Å². The normalized spacial score (nSPS) is 18.8. The van der Waals surface area contributed by atoms with Gasteiger partial charge in [0.05, 0.1) is 0 Å². The second-order valence-corrected chi connectivity index (χ2v) is 6.25. The van der Waals surface area contributed by atoms with Crippen molar-refractivity contribution in [3.63, 3.8) is 0 Å². The highest BCUT2D eigenvalue weighted by atomic mass is 16.6. The minimum Gasteiger partial charge on any atom is -0.459 e. The van der Waals surface area contributed by atoms with E-state index in [0.29, 0.717) is 6.04 Å². The van der Waals surface area contributed by atoms with Crippen molar-refractivity contribution in [2.45, 2.75) is 77.5 Å². The molecule has 16 heavy (non-hydrogen) atoms. The summed E-state index contributed by atoms with van der Waals surface area (Å²) in [6.07, 6.45) is 4.88. The van der Waals surface area contributed by atoms with Crippen molar-refractivity contribution < 1.29 is 9.53 Å². The van der Waals surface area contributed by atoms with Gasteiger partial charge in [-0.1, -0.05) is 12.8 Å². The largest absolute Gasteiger partial charge is 0.459 e. The predicted molar refractivity (Wildman–Crippen MR) is 65.3 cm³/mol. The average Bonchev–Trinajstić information content (AvgIpc) is 2.52. The fourth-order valence-corrected chi connectivity index (χ4v) is 2.05. The van der Waals surface area contributed by atoms with Crippen molar-refractivity contribution in [1.82, 2.24) is 5.32 Å². The Hall–Kier alpha value is -0.570. The SMILES string of the molecule is CC(C)(C)OC(=O)C(C)(C)NC1CCCC1. The molecular formula is C13H25NO2. The monoisotopic (exact) mass is 227 g/mol. The van der Waals surface area contributed by atoms with E-state index in [4.69, 9.17) is 4.74 Å². The van der Waals surface area contributed by atoms with Gasteiger partial charge in [-0.3, -0.25) is 10.1 Å². The van der Waals surface area contributed by atoms with Crippen LogP contribution in [0.5, 0.6) is 0 Å². The van der Waals surface area contributed by atoms with E-state index in [-0.39, 0.29) is 5.97 Å². The quantitative estimate of drug-likeness (QED) is 0.753. The highest BCUT2D eigenvalue weighted by Gasteiger charge is 2.34. The van der Waals surface area contributed by atoms with E-state index in [1.54, 1.807) is 0 Å². The Labute approximate surface area is 98.9 Å². The van der Waals surface area contributed by atoms with Crippen molar-refractivity contribution in [2.75, 3.05) is 0 Å². The molecule has 0 bridgehead atoms. The summed E-state index contributed by atoms with van der Waals surface area (Å²) in [6, 6.07) is 0.475. The summed E-state index contributed by atoms with van der Waals surface area (Å²) in [4.78, 5) is 12.0. The van der Waals surface area contributed by atoms with Gasteiger partial charge in [0.15, 0.2) is 0 Å². The first kappa shape index (κ1) is 13.5. The third kappa shape index (κ3) is 4.12. The highest BCUT2D eigenvalue weighted by molar-refractivity contribution is 5.80. The first-order chi connectivity index (χ1) is 7.21. The van der Waals surface area contributed by atoms with E-state index in [1.165, 1.54) is 25.7 Å². The van der Waals surface area contributed by atoms with Gasteiger partial charge in [0, 0.05) is 6.04 Å². The summed E-state index contributed by atoms with van der Waals surface area (Å²) in [7, 11) is 0. The smallest absolute Gasteiger partial charge is 0.326 e. The van der Waals surface area contributed by atoms with Gasteiger partial charge >= 0.3 is 5.97 Å². The van der Waals surface area contributed by atoms with Crippen LogP contribution in [0, 0.1) is 0 Å². The lowest BCUT2D eigenvalue weighted by Gasteiger charge is -2.31. The van der Waals surface area contributed by atoms with Crippen LogP contribution in [0.1, 0.15) is 60.3 Å². The lowest BCUT2D eigenvalue weighted by atomic mass is 10.0. The second-order valence-electron chi connectivity index (χ2n) is 6.25. The number of esters is 1. The molecule has 0 saturated heterocycles. The van der Waals surface area contributed by atoms with Crippen LogP contribution in [0.25, 0.3) is 0 Å². The minimum absolute atomic E-state index is 0.160. The number of ether oxygens (including phenoxy) is 1. The molecule has 1 saturated carbocycles. The summed E-state index contributed by atoms with van der Waals surface area (Å²) >= 11 is 0. The Bertz CT molecular complexity index is 247. The van der Waals surface area contributed by atoms with E-state index in [1.807, 2.05) is 34.6 Å². The van der Waals surface area contributed by atoms with Crippen molar-refractivity contribution in [3.05, 3.63) is 0 Å². The first-order valence-corrected chi connectivity index (χ1v) is 6.22. The molecule has 0 radical (unpaired) electrons. The lowest BCUT2D eigenvalue weighted by Crippen LogP contribution is -2.53. The van der Waals surface area contributed by atoms with E-state index in [0.717, 1.165) is 0 Å². The van der Waals surface area contributed by atoms with Crippen LogP contribution < -0.4 is 5.32 Å². The molecule has 1 N–H and O–H groups in total. The van der Waals surface area contributed by atoms with Crippen LogP contribution in [0.3, 0.4) is 0 Å². The van der Waals surface area contributed by atoms with Gasteiger partial charge in [0.1, 0.15) is 11.1 Å². The molecule has 0 spiro atoms. The number of nitrogens with one attached hydrogen (secondary N) is 1. The van der Waals surface area contributed by atoms with Gasteiger partial charge in [-0.2, -0.15) is 0 Å². The molecule has 0 aliphatic heterocycles. The molecule has 1 aliphatic carbocycles. The fraction of sp³-hybridized carbons (Fsp3) is 0.923. The molecule has 1 fully saturated rings. The zero-order chi connectivity index (χ0) is 12.4. The van der Waals surface area contributed by atoms with E-state index in [2.05, 4.69) is 5.32 Å². The molecule has 0 aromatic carbocycles. The van der Waals surface area contributed by atoms with Gasteiger partial charge in [-0.25, -0.2) is 0 Å². The van der Waals surface area contributed by atoms with Crippen molar-refractivity contribution in [2.24, 2.45) is 0 Å². The molecule has 0 heterocycles. The summed E-state index contributed by atoms with van der Waals surface area (Å²) in [6.45, 7) is 9.50. The maximum Gasteiger partial charge on any atom is 0.326 e. The summed E-state index contributed by atoms with van der Waals surface area (Å²) in [5.41, 5.74) is -0.992. The van der Waals surface area contributed by atoms with Crippen LogP contribution in [-0.2, 0) is 9.53 Å². The molecular weight excluding hydrogens is 202 g/mol. The summed E-state index contributed by atoms with van der Waals surface area (Å²) in [5, 5.41) is 3.40. The second kappa shape index (κ2) is 4.74. The minimum atomic E-state index is -0.581. The van der Waals surface area contributed by atoms with E-state index < -0.39 is 11.1 Å². The molecule has 0 aromatic heterocycles. The first-order valence-electron chi connectivity index (χ1n) is 6.22.